The standard InChI is InChI=1S/C17H18FN3O2/c1-21(2)17(23)12-3-7-14(8-4-12)19-11-16(22)20-15-9-5-13(18)6-10-15/h3-10,19H,11H2,1-2H3,(H,20,22). The monoisotopic (exact) mass is 315 g/mol. The Hall–Kier alpha value is -2.89. The Morgan fingerprint density at radius 1 is 0.957 bits per heavy atom. The van der Waals surface area contributed by atoms with Gasteiger partial charge < -0.3 is 15.5 Å². The molecule has 2 aromatic carbocycles. The predicted molar refractivity (Wildman–Crippen MR) is 88.0 cm³/mol. The minimum absolute atomic E-state index is 0.0678. The lowest BCUT2D eigenvalue weighted by Gasteiger charge is -2.11. The van der Waals surface area contributed by atoms with Crippen LogP contribution in [0.15, 0.2) is 48.5 Å². The fourth-order valence-corrected chi connectivity index (χ4v) is 1.91. The summed E-state index contributed by atoms with van der Waals surface area (Å²) in [5.74, 6) is -0.677. The third-order valence-electron chi connectivity index (χ3n) is 3.12. The maximum atomic E-state index is 12.8. The van der Waals surface area contributed by atoms with Crippen LogP contribution in [0.2, 0.25) is 0 Å². The number of carbonyl (C=O) groups is 2. The Morgan fingerprint density at radius 3 is 2.09 bits per heavy atom. The van der Waals surface area contributed by atoms with Crippen LogP contribution in [0.5, 0.6) is 0 Å². The maximum absolute atomic E-state index is 12.8. The van der Waals surface area contributed by atoms with Crippen LogP contribution in [0, 0.1) is 5.82 Å². The van der Waals surface area contributed by atoms with Crippen molar-refractivity contribution in [1.82, 2.24) is 4.90 Å². The highest BCUT2D eigenvalue weighted by atomic mass is 19.1. The van der Waals surface area contributed by atoms with Gasteiger partial charge in [-0.3, -0.25) is 9.59 Å². The summed E-state index contributed by atoms with van der Waals surface area (Å²) >= 11 is 0. The molecule has 5 nitrogen and oxygen atoms in total. The highest BCUT2D eigenvalue weighted by molar-refractivity contribution is 5.95. The fourth-order valence-electron chi connectivity index (χ4n) is 1.91. The molecule has 2 rings (SSSR count). The van der Waals surface area contributed by atoms with Gasteiger partial charge in [0.05, 0.1) is 6.54 Å². The Morgan fingerprint density at radius 2 is 1.52 bits per heavy atom. The van der Waals surface area contributed by atoms with Crippen LogP contribution in [0.1, 0.15) is 10.4 Å². The summed E-state index contributed by atoms with van der Waals surface area (Å²) < 4.78 is 12.8. The van der Waals surface area contributed by atoms with Gasteiger partial charge in [0, 0.05) is 31.0 Å². The number of hydrogen-bond acceptors (Lipinski definition) is 3. The van der Waals surface area contributed by atoms with Crippen molar-refractivity contribution in [2.75, 3.05) is 31.3 Å². The molecule has 0 aliphatic carbocycles. The van der Waals surface area contributed by atoms with Crippen molar-refractivity contribution in [1.29, 1.82) is 0 Å². The summed E-state index contributed by atoms with van der Waals surface area (Å²) in [4.78, 5) is 25.1. The minimum atomic E-state index is -0.353. The summed E-state index contributed by atoms with van der Waals surface area (Å²) in [6, 6.07) is 12.4. The molecular weight excluding hydrogens is 297 g/mol. The van der Waals surface area contributed by atoms with Crippen LogP contribution in [0.4, 0.5) is 15.8 Å². The molecule has 2 aromatic rings. The average Bonchev–Trinajstić information content (AvgIpc) is 2.55. The second kappa shape index (κ2) is 7.40. The third-order valence-corrected chi connectivity index (χ3v) is 3.12. The second-order valence-electron chi connectivity index (χ2n) is 5.19. The Kier molecular flexibility index (Phi) is 5.30. The van der Waals surface area contributed by atoms with Crippen LogP contribution in [-0.2, 0) is 4.79 Å². The van der Waals surface area contributed by atoms with Crippen molar-refractivity contribution in [2.45, 2.75) is 0 Å². The number of anilines is 2. The number of carbonyl (C=O) groups excluding carboxylic acids is 2. The van der Waals surface area contributed by atoms with Gasteiger partial charge in [0.2, 0.25) is 5.91 Å². The lowest BCUT2D eigenvalue weighted by Crippen LogP contribution is -2.22. The molecule has 2 amide bonds. The van der Waals surface area contributed by atoms with Gasteiger partial charge in [-0.05, 0) is 48.5 Å². The number of hydrogen-bond donors (Lipinski definition) is 2. The van der Waals surface area contributed by atoms with Gasteiger partial charge in [-0.2, -0.15) is 0 Å². The molecule has 0 unspecified atom stereocenters. The van der Waals surface area contributed by atoms with E-state index in [4.69, 9.17) is 0 Å². The van der Waals surface area contributed by atoms with E-state index in [1.165, 1.54) is 29.2 Å². The van der Waals surface area contributed by atoms with Crippen molar-refractivity contribution in [3.63, 3.8) is 0 Å². The number of rotatable bonds is 5. The van der Waals surface area contributed by atoms with E-state index in [0.29, 0.717) is 11.3 Å². The molecule has 2 N–H and O–H groups in total. The van der Waals surface area contributed by atoms with E-state index in [0.717, 1.165) is 5.69 Å². The molecule has 23 heavy (non-hydrogen) atoms. The molecule has 120 valence electrons. The topological polar surface area (TPSA) is 61.4 Å². The van der Waals surface area contributed by atoms with Crippen LogP contribution >= 0.6 is 0 Å². The van der Waals surface area contributed by atoms with Gasteiger partial charge >= 0.3 is 0 Å². The molecule has 0 saturated carbocycles. The zero-order valence-corrected chi connectivity index (χ0v) is 13.0. The predicted octanol–water partition coefficient (Wildman–Crippen LogP) is 2.58. The number of benzene rings is 2. The summed E-state index contributed by atoms with van der Waals surface area (Å²) in [6.07, 6.45) is 0. The second-order valence-corrected chi connectivity index (χ2v) is 5.19. The van der Waals surface area contributed by atoms with Gasteiger partial charge in [-0.1, -0.05) is 0 Å². The van der Waals surface area contributed by atoms with Crippen molar-refractivity contribution in [3.05, 3.63) is 59.9 Å². The highest BCUT2D eigenvalue weighted by Gasteiger charge is 2.07. The summed E-state index contributed by atoms with van der Waals surface area (Å²) in [5, 5.41) is 5.62. The molecule has 0 fully saturated rings. The van der Waals surface area contributed by atoms with Crippen LogP contribution in [0.3, 0.4) is 0 Å². The number of halogens is 1. The third kappa shape index (κ3) is 4.81. The first-order valence-electron chi connectivity index (χ1n) is 7.07. The molecule has 0 heterocycles. The van der Waals surface area contributed by atoms with Crippen molar-refractivity contribution < 1.29 is 14.0 Å². The molecule has 0 aliphatic heterocycles. The van der Waals surface area contributed by atoms with Crippen LogP contribution in [0.25, 0.3) is 0 Å². The van der Waals surface area contributed by atoms with E-state index in [9.17, 15) is 14.0 Å². The van der Waals surface area contributed by atoms with E-state index in [1.54, 1.807) is 38.4 Å². The molecule has 0 radical (unpaired) electrons. The molecule has 0 atom stereocenters. The molecular formula is C17H18FN3O2. The van der Waals surface area contributed by atoms with E-state index >= 15 is 0 Å². The molecule has 0 saturated heterocycles. The molecule has 0 bridgehead atoms. The highest BCUT2D eigenvalue weighted by Crippen LogP contribution is 2.11. The molecule has 0 aromatic heterocycles. The SMILES string of the molecule is CN(C)C(=O)c1ccc(NCC(=O)Nc2ccc(F)cc2)cc1. The quantitative estimate of drug-likeness (QED) is 0.891. The Labute approximate surface area is 134 Å². The number of amides is 2. The van der Waals surface area contributed by atoms with Crippen molar-refractivity contribution >= 4 is 23.2 Å². The van der Waals surface area contributed by atoms with Crippen molar-refractivity contribution in [3.8, 4) is 0 Å². The van der Waals surface area contributed by atoms with Gasteiger partial charge in [0.1, 0.15) is 5.82 Å². The van der Waals surface area contributed by atoms with E-state index < -0.39 is 0 Å². The average molecular weight is 315 g/mol. The van der Waals surface area contributed by atoms with E-state index in [1.807, 2.05) is 0 Å². The lowest BCUT2D eigenvalue weighted by molar-refractivity contribution is -0.114. The van der Waals surface area contributed by atoms with Crippen LogP contribution in [-0.4, -0.2) is 37.4 Å². The minimum Gasteiger partial charge on any atom is -0.376 e. The normalized spacial score (nSPS) is 10.0. The van der Waals surface area contributed by atoms with Crippen LogP contribution < -0.4 is 10.6 Å². The first-order valence-corrected chi connectivity index (χ1v) is 7.07. The first kappa shape index (κ1) is 16.5. The van der Waals surface area contributed by atoms with Gasteiger partial charge in [-0.25, -0.2) is 4.39 Å². The molecule has 6 heteroatoms. The fraction of sp³-hybridized carbons (Fsp3) is 0.176. The Bertz CT molecular complexity index is 682. The van der Waals surface area contributed by atoms with Gasteiger partial charge in [0.25, 0.3) is 5.91 Å². The van der Waals surface area contributed by atoms with Crippen molar-refractivity contribution in [2.24, 2.45) is 0 Å². The summed E-state index contributed by atoms with van der Waals surface area (Å²) in [7, 11) is 3.38. The lowest BCUT2D eigenvalue weighted by atomic mass is 10.2. The number of nitrogens with zero attached hydrogens (tertiary/aromatic N) is 1. The largest absolute Gasteiger partial charge is 0.376 e. The maximum Gasteiger partial charge on any atom is 0.253 e. The first-order chi connectivity index (χ1) is 11.0. The zero-order valence-electron chi connectivity index (χ0n) is 13.0. The smallest absolute Gasteiger partial charge is 0.253 e. The van der Waals surface area contributed by atoms with Gasteiger partial charge in [-0.15, -0.1) is 0 Å². The summed E-state index contributed by atoms with van der Waals surface area (Å²) in [5.41, 5.74) is 1.84. The van der Waals surface area contributed by atoms with E-state index in [-0.39, 0.29) is 24.2 Å². The van der Waals surface area contributed by atoms with Gasteiger partial charge in [0.15, 0.2) is 0 Å². The molecule has 0 spiro atoms. The summed E-state index contributed by atoms with van der Waals surface area (Å²) in [6.45, 7) is 0.0678. The molecule has 0 aliphatic rings. The zero-order chi connectivity index (χ0) is 16.8. The Balaban J connectivity index is 1.86. The van der Waals surface area contributed by atoms with E-state index in [2.05, 4.69) is 10.6 Å². The number of nitrogens with one attached hydrogen (secondary N) is 2.